The van der Waals surface area contributed by atoms with Crippen LogP contribution in [0.1, 0.15) is 25.3 Å². The number of nitrogens with zero attached hydrogens (tertiary/aromatic N) is 1. The van der Waals surface area contributed by atoms with E-state index in [2.05, 4.69) is 15.8 Å². The maximum Gasteiger partial charge on any atom is 0.249 e. The molecule has 0 unspecified atom stereocenters. The van der Waals surface area contributed by atoms with Crippen LogP contribution in [0, 0.1) is 0 Å². The fourth-order valence-corrected chi connectivity index (χ4v) is 3.18. The number of amides is 2. The Kier molecular flexibility index (Phi) is 7.87. The molecule has 0 aliphatic carbocycles. The topological polar surface area (TPSA) is 79.8 Å². The van der Waals surface area contributed by atoms with Crippen LogP contribution in [0.25, 0.3) is 10.8 Å². The van der Waals surface area contributed by atoms with Crippen molar-refractivity contribution in [3.63, 3.8) is 0 Å². The second kappa shape index (κ2) is 10.8. The first-order valence-corrected chi connectivity index (χ1v) is 10.4. The van der Waals surface area contributed by atoms with Crippen LogP contribution in [0.2, 0.25) is 10.0 Å². The van der Waals surface area contributed by atoms with Crippen molar-refractivity contribution in [3.05, 3.63) is 70.2 Å². The second-order valence-electron chi connectivity index (χ2n) is 6.69. The lowest BCUT2D eigenvalue weighted by Gasteiger charge is -2.11. The predicted octanol–water partition coefficient (Wildman–Crippen LogP) is 5.41. The number of anilines is 1. The van der Waals surface area contributed by atoms with E-state index in [9.17, 15) is 9.59 Å². The molecule has 0 aliphatic rings. The fraction of sp³-hybridized carbons (Fsp3) is 0.174. The van der Waals surface area contributed by atoms with Gasteiger partial charge in [0, 0.05) is 11.3 Å². The van der Waals surface area contributed by atoms with Gasteiger partial charge in [-0.15, -0.1) is 0 Å². The van der Waals surface area contributed by atoms with Gasteiger partial charge in [0.25, 0.3) is 0 Å². The van der Waals surface area contributed by atoms with Crippen LogP contribution in [0.15, 0.2) is 59.7 Å². The third-order valence-corrected chi connectivity index (χ3v) is 5.04. The van der Waals surface area contributed by atoms with E-state index < -0.39 is 18.2 Å². The largest absolute Gasteiger partial charge is 0.493 e. The Morgan fingerprint density at radius 2 is 1.84 bits per heavy atom. The number of benzene rings is 3. The molecule has 0 radical (unpaired) electrons. The van der Waals surface area contributed by atoms with Gasteiger partial charge in [-0.05, 0) is 41.5 Å². The van der Waals surface area contributed by atoms with Crippen molar-refractivity contribution in [2.45, 2.75) is 19.8 Å². The molecule has 2 N–H and O–H groups in total. The molecule has 0 aliphatic heterocycles. The van der Waals surface area contributed by atoms with Crippen LogP contribution in [-0.4, -0.2) is 24.6 Å². The Balaban J connectivity index is 1.65. The Bertz CT molecular complexity index is 1130. The molecule has 0 aromatic heterocycles. The zero-order valence-electron chi connectivity index (χ0n) is 16.8. The molecule has 0 bridgehead atoms. The first-order chi connectivity index (χ1) is 15.0. The molecule has 0 heterocycles. The second-order valence-corrected chi connectivity index (χ2v) is 7.51. The van der Waals surface area contributed by atoms with Crippen molar-refractivity contribution in [3.8, 4) is 5.75 Å². The summed E-state index contributed by atoms with van der Waals surface area (Å²) in [6, 6.07) is 16.3. The van der Waals surface area contributed by atoms with Crippen LogP contribution < -0.4 is 15.5 Å². The average molecular weight is 458 g/mol. The predicted molar refractivity (Wildman–Crippen MR) is 125 cm³/mol. The van der Waals surface area contributed by atoms with Gasteiger partial charge in [0.15, 0.2) is 0 Å². The van der Waals surface area contributed by atoms with Gasteiger partial charge in [-0.1, -0.05) is 60.5 Å². The highest BCUT2D eigenvalue weighted by Crippen LogP contribution is 2.27. The number of halogens is 2. The Morgan fingerprint density at radius 3 is 2.61 bits per heavy atom. The molecule has 6 nitrogen and oxygen atoms in total. The number of fused-ring (bicyclic) bond motifs is 1. The summed E-state index contributed by atoms with van der Waals surface area (Å²) in [6.45, 7) is 2.60. The smallest absolute Gasteiger partial charge is 0.249 e. The molecule has 0 atom stereocenters. The third-order valence-electron chi connectivity index (χ3n) is 4.30. The van der Waals surface area contributed by atoms with Gasteiger partial charge in [0.1, 0.15) is 12.2 Å². The maximum absolute atomic E-state index is 12.1. The van der Waals surface area contributed by atoms with E-state index in [0.717, 1.165) is 22.8 Å². The highest BCUT2D eigenvalue weighted by Gasteiger charge is 2.11. The van der Waals surface area contributed by atoms with E-state index in [1.165, 1.54) is 12.3 Å². The average Bonchev–Trinajstić information content (AvgIpc) is 2.75. The summed E-state index contributed by atoms with van der Waals surface area (Å²) in [5.74, 6) is -0.371. The van der Waals surface area contributed by atoms with E-state index in [4.69, 9.17) is 27.9 Å². The number of hydrogen-bond donors (Lipinski definition) is 2. The van der Waals surface area contributed by atoms with Crippen molar-refractivity contribution in [1.82, 2.24) is 5.43 Å². The first-order valence-electron chi connectivity index (χ1n) is 9.69. The van der Waals surface area contributed by atoms with Crippen LogP contribution in [-0.2, 0) is 9.59 Å². The van der Waals surface area contributed by atoms with E-state index in [1.54, 1.807) is 12.1 Å². The summed E-state index contributed by atoms with van der Waals surface area (Å²) in [4.78, 5) is 24.2. The molecule has 3 aromatic carbocycles. The molecule has 3 aromatic rings. The summed E-state index contributed by atoms with van der Waals surface area (Å²) < 4.78 is 5.81. The number of carbonyl (C=O) groups excluding carboxylic acids is 2. The highest BCUT2D eigenvalue weighted by molar-refractivity contribution is 6.42. The summed E-state index contributed by atoms with van der Waals surface area (Å²) in [5, 5.41) is 9.28. The number of rotatable bonds is 8. The fourth-order valence-electron chi connectivity index (χ4n) is 2.88. The highest BCUT2D eigenvalue weighted by atomic mass is 35.5. The summed E-state index contributed by atoms with van der Waals surface area (Å²) >= 11 is 11.8. The lowest BCUT2D eigenvalue weighted by atomic mass is 10.0. The minimum atomic E-state index is -0.551. The van der Waals surface area contributed by atoms with E-state index >= 15 is 0 Å². The molecule has 8 heteroatoms. The van der Waals surface area contributed by atoms with E-state index in [-0.39, 0.29) is 0 Å². The van der Waals surface area contributed by atoms with Crippen LogP contribution in [0.3, 0.4) is 0 Å². The normalized spacial score (nSPS) is 10.9. The minimum Gasteiger partial charge on any atom is -0.493 e. The number of hydrogen-bond acceptors (Lipinski definition) is 4. The molecule has 0 saturated heterocycles. The monoisotopic (exact) mass is 457 g/mol. The quantitative estimate of drug-likeness (QED) is 0.269. The number of nitrogens with one attached hydrogen (secondary N) is 2. The van der Waals surface area contributed by atoms with Gasteiger partial charge >= 0.3 is 0 Å². The van der Waals surface area contributed by atoms with Crippen molar-refractivity contribution in [1.29, 1.82) is 0 Å². The van der Waals surface area contributed by atoms with Crippen molar-refractivity contribution >= 4 is 57.7 Å². The molecular formula is C23H21Cl2N3O3. The van der Waals surface area contributed by atoms with Gasteiger partial charge in [-0.2, -0.15) is 5.10 Å². The molecule has 0 spiro atoms. The van der Waals surface area contributed by atoms with Gasteiger partial charge in [-0.3, -0.25) is 9.59 Å². The van der Waals surface area contributed by atoms with Crippen LogP contribution >= 0.6 is 23.2 Å². The number of ether oxygens (including phenoxy) is 1. The summed E-state index contributed by atoms with van der Waals surface area (Å²) in [6.07, 6.45) is 2.00. The summed E-state index contributed by atoms with van der Waals surface area (Å²) in [5.41, 5.74) is 3.59. The standard InChI is InChI=1S/C23H21Cl2N3O3/c1-2-11-31-21-10-7-15-5-3-4-6-17(15)18(21)14-26-28-23(30)13-22(29)27-16-8-9-19(24)20(25)12-16/h3-10,12,14H,2,11,13H2,1H3,(H,27,29)(H,28,30). The maximum atomic E-state index is 12.1. The van der Waals surface area contributed by atoms with Crippen LogP contribution in [0.4, 0.5) is 5.69 Å². The lowest BCUT2D eigenvalue weighted by molar-refractivity contribution is -0.126. The minimum absolute atomic E-state index is 0.310. The zero-order chi connectivity index (χ0) is 22.2. The lowest BCUT2D eigenvalue weighted by Crippen LogP contribution is -2.24. The number of hydrazone groups is 1. The molecule has 0 saturated carbocycles. The molecular weight excluding hydrogens is 437 g/mol. The Hall–Kier alpha value is -3.09. The Labute approximate surface area is 190 Å². The molecule has 2 amide bonds. The third kappa shape index (κ3) is 6.20. The Morgan fingerprint density at radius 1 is 1.03 bits per heavy atom. The zero-order valence-corrected chi connectivity index (χ0v) is 18.3. The summed E-state index contributed by atoms with van der Waals surface area (Å²) in [7, 11) is 0. The number of carbonyl (C=O) groups is 2. The SMILES string of the molecule is CCCOc1ccc2ccccc2c1C=NNC(=O)CC(=O)Nc1ccc(Cl)c(Cl)c1. The van der Waals surface area contributed by atoms with Crippen LogP contribution in [0.5, 0.6) is 5.75 Å². The van der Waals surface area contributed by atoms with Gasteiger partial charge < -0.3 is 10.1 Å². The molecule has 3 rings (SSSR count). The van der Waals surface area contributed by atoms with E-state index in [1.807, 2.05) is 43.3 Å². The molecule has 31 heavy (non-hydrogen) atoms. The van der Waals surface area contributed by atoms with Crippen molar-refractivity contribution < 1.29 is 14.3 Å². The van der Waals surface area contributed by atoms with E-state index in [0.29, 0.717) is 28.1 Å². The van der Waals surface area contributed by atoms with Crippen molar-refractivity contribution in [2.24, 2.45) is 5.10 Å². The van der Waals surface area contributed by atoms with Crippen molar-refractivity contribution in [2.75, 3.05) is 11.9 Å². The van der Waals surface area contributed by atoms with Gasteiger partial charge in [0.2, 0.25) is 11.8 Å². The molecule has 160 valence electrons. The first kappa shape index (κ1) is 22.6. The van der Waals surface area contributed by atoms with Gasteiger partial charge in [0.05, 0.1) is 22.9 Å². The molecule has 0 fully saturated rings. The van der Waals surface area contributed by atoms with Gasteiger partial charge in [-0.25, -0.2) is 5.43 Å².